The van der Waals surface area contributed by atoms with Gasteiger partial charge in [0.1, 0.15) is 17.3 Å². The molecule has 3 nitrogen and oxygen atoms in total. The number of imidazole rings is 1. The summed E-state index contributed by atoms with van der Waals surface area (Å²) < 4.78 is 2.03. The van der Waals surface area contributed by atoms with Gasteiger partial charge in [-0.1, -0.05) is 29.8 Å². The van der Waals surface area contributed by atoms with Gasteiger partial charge in [0.2, 0.25) is 0 Å². The number of nitrogens with zero attached hydrogens (tertiary/aromatic N) is 2. The van der Waals surface area contributed by atoms with Gasteiger partial charge in [-0.3, -0.25) is 0 Å². The van der Waals surface area contributed by atoms with E-state index in [-0.39, 0.29) is 5.54 Å². The Labute approximate surface area is 113 Å². The van der Waals surface area contributed by atoms with E-state index >= 15 is 0 Å². The van der Waals surface area contributed by atoms with Crippen LogP contribution < -0.4 is 5.73 Å². The van der Waals surface area contributed by atoms with Crippen molar-refractivity contribution >= 4 is 17.4 Å². The summed E-state index contributed by atoms with van der Waals surface area (Å²) in [4.78, 5) is 4.56. The molecule has 0 aliphatic rings. The Kier molecular flexibility index (Phi) is 3.11. The SMILES string of the molecule is Cc1nc(-c2ccccc2Cl)c(N)n1C(C)(C)C. The molecule has 0 spiro atoms. The standard InChI is InChI=1S/C14H18ClN3/c1-9-17-12(10-7-5-6-8-11(10)15)13(16)18(9)14(2,3)4/h5-8H,16H2,1-4H3. The fourth-order valence-corrected chi connectivity index (χ4v) is 2.47. The summed E-state index contributed by atoms with van der Waals surface area (Å²) in [6.07, 6.45) is 0. The maximum absolute atomic E-state index is 6.23. The first-order valence-electron chi connectivity index (χ1n) is 5.92. The lowest BCUT2D eigenvalue weighted by molar-refractivity contribution is 0.393. The second-order valence-electron chi connectivity index (χ2n) is 5.38. The van der Waals surface area contributed by atoms with Crippen LogP contribution in [0.5, 0.6) is 0 Å². The zero-order valence-corrected chi connectivity index (χ0v) is 11.9. The highest BCUT2D eigenvalue weighted by molar-refractivity contribution is 6.33. The van der Waals surface area contributed by atoms with Crippen molar-refractivity contribution in [3.63, 3.8) is 0 Å². The van der Waals surface area contributed by atoms with E-state index in [0.717, 1.165) is 17.1 Å². The highest BCUT2D eigenvalue weighted by atomic mass is 35.5. The Morgan fingerprint density at radius 2 is 1.83 bits per heavy atom. The molecule has 1 aromatic heterocycles. The first-order chi connectivity index (χ1) is 8.32. The summed E-state index contributed by atoms with van der Waals surface area (Å²) in [5, 5.41) is 0.669. The van der Waals surface area contributed by atoms with Gasteiger partial charge in [0.15, 0.2) is 0 Å². The average Bonchev–Trinajstić information content (AvgIpc) is 2.54. The van der Waals surface area contributed by atoms with E-state index in [4.69, 9.17) is 17.3 Å². The van der Waals surface area contributed by atoms with Crippen LogP contribution in [0.25, 0.3) is 11.3 Å². The highest BCUT2D eigenvalue weighted by Crippen LogP contribution is 2.34. The fraction of sp³-hybridized carbons (Fsp3) is 0.357. The van der Waals surface area contributed by atoms with E-state index in [1.807, 2.05) is 35.8 Å². The zero-order valence-electron chi connectivity index (χ0n) is 11.2. The van der Waals surface area contributed by atoms with Gasteiger partial charge in [0.25, 0.3) is 0 Å². The molecular formula is C14H18ClN3. The van der Waals surface area contributed by atoms with Crippen LogP contribution in [0.3, 0.4) is 0 Å². The van der Waals surface area contributed by atoms with Crippen molar-refractivity contribution in [2.45, 2.75) is 33.2 Å². The van der Waals surface area contributed by atoms with Gasteiger partial charge in [0.05, 0.1) is 5.02 Å². The van der Waals surface area contributed by atoms with Crippen molar-refractivity contribution in [2.75, 3.05) is 5.73 Å². The molecule has 0 saturated carbocycles. The highest BCUT2D eigenvalue weighted by Gasteiger charge is 2.23. The topological polar surface area (TPSA) is 43.8 Å². The van der Waals surface area contributed by atoms with Crippen molar-refractivity contribution in [2.24, 2.45) is 0 Å². The van der Waals surface area contributed by atoms with Crippen LogP contribution in [0.15, 0.2) is 24.3 Å². The summed E-state index contributed by atoms with van der Waals surface area (Å²) in [5.74, 6) is 1.56. The van der Waals surface area contributed by atoms with Crippen molar-refractivity contribution in [3.8, 4) is 11.3 Å². The number of hydrogen-bond acceptors (Lipinski definition) is 2. The lowest BCUT2D eigenvalue weighted by Gasteiger charge is -2.24. The predicted molar refractivity (Wildman–Crippen MR) is 76.8 cm³/mol. The molecule has 0 saturated heterocycles. The van der Waals surface area contributed by atoms with Gasteiger partial charge in [-0.15, -0.1) is 0 Å². The summed E-state index contributed by atoms with van der Waals surface area (Å²) >= 11 is 6.20. The minimum atomic E-state index is -0.0966. The molecule has 0 bridgehead atoms. The third-order valence-corrected chi connectivity index (χ3v) is 3.21. The maximum atomic E-state index is 6.23. The minimum Gasteiger partial charge on any atom is -0.383 e. The van der Waals surface area contributed by atoms with Gasteiger partial charge in [-0.25, -0.2) is 4.98 Å². The third kappa shape index (κ3) is 2.10. The van der Waals surface area contributed by atoms with Gasteiger partial charge < -0.3 is 10.3 Å². The largest absolute Gasteiger partial charge is 0.383 e. The number of halogens is 1. The first-order valence-corrected chi connectivity index (χ1v) is 6.30. The molecule has 0 fully saturated rings. The van der Waals surface area contributed by atoms with E-state index in [0.29, 0.717) is 10.8 Å². The molecule has 2 aromatic rings. The van der Waals surface area contributed by atoms with E-state index in [1.165, 1.54) is 0 Å². The van der Waals surface area contributed by atoms with Crippen molar-refractivity contribution in [3.05, 3.63) is 35.1 Å². The molecule has 96 valence electrons. The number of hydrogen-bond donors (Lipinski definition) is 1. The normalized spacial score (nSPS) is 11.8. The van der Waals surface area contributed by atoms with Crippen molar-refractivity contribution in [1.29, 1.82) is 0 Å². The Hall–Kier alpha value is -1.48. The molecule has 1 heterocycles. The van der Waals surface area contributed by atoms with Crippen LogP contribution in [-0.2, 0) is 5.54 Å². The molecule has 2 rings (SSSR count). The van der Waals surface area contributed by atoms with E-state index in [1.54, 1.807) is 0 Å². The predicted octanol–water partition coefficient (Wildman–Crippen LogP) is 3.85. The number of anilines is 1. The Bertz CT molecular complexity index is 579. The van der Waals surface area contributed by atoms with Crippen LogP contribution in [-0.4, -0.2) is 9.55 Å². The number of aromatic nitrogens is 2. The second-order valence-corrected chi connectivity index (χ2v) is 5.79. The van der Waals surface area contributed by atoms with Crippen LogP contribution in [0.2, 0.25) is 5.02 Å². The van der Waals surface area contributed by atoms with Gasteiger partial charge in [-0.05, 0) is 33.8 Å². The summed E-state index contributed by atoms with van der Waals surface area (Å²) in [7, 11) is 0. The molecular weight excluding hydrogens is 246 g/mol. The Morgan fingerprint density at radius 3 is 2.33 bits per heavy atom. The number of rotatable bonds is 1. The number of nitrogens with two attached hydrogens (primary N) is 1. The molecule has 18 heavy (non-hydrogen) atoms. The Balaban J connectivity index is 2.66. The lowest BCUT2D eigenvalue weighted by atomic mass is 10.1. The molecule has 2 N–H and O–H groups in total. The summed E-state index contributed by atoms with van der Waals surface area (Å²) in [6.45, 7) is 8.28. The smallest absolute Gasteiger partial charge is 0.132 e. The maximum Gasteiger partial charge on any atom is 0.132 e. The number of aryl methyl sites for hydroxylation is 1. The van der Waals surface area contributed by atoms with E-state index in [2.05, 4.69) is 25.8 Å². The van der Waals surface area contributed by atoms with Gasteiger partial charge in [-0.2, -0.15) is 0 Å². The molecule has 0 aliphatic carbocycles. The van der Waals surface area contributed by atoms with Crippen molar-refractivity contribution in [1.82, 2.24) is 9.55 Å². The molecule has 0 amide bonds. The molecule has 0 atom stereocenters. The average molecular weight is 264 g/mol. The minimum absolute atomic E-state index is 0.0966. The quantitative estimate of drug-likeness (QED) is 0.849. The first kappa shape index (κ1) is 13.0. The molecule has 0 radical (unpaired) electrons. The Morgan fingerprint density at radius 1 is 1.22 bits per heavy atom. The monoisotopic (exact) mass is 263 g/mol. The van der Waals surface area contributed by atoms with Crippen LogP contribution in [0.1, 0.15) is 26.6 Å². The number of benzene rings is 1. The van der Waals surface area contributed by atoms with Crippen molar-refractivity contribution < 1.29 is 0 Å². The lowest BCUT2D eigenvalue weighted by Crippen LogP contribution is -2.24. The van der Waals surface area contributed by atoms with Gasteiger partial charge in [0, 0.05) is 11.1 Å². The second kappa shape index (κ2) is 4.32. The zero-order chi connectivity index (χ0) is 13.5. The number of nitrogen functional groups attached to an aromatic ring is 1. The van der Waals surface area contributed by atoms with Gasteiger partial charge >= 0.3 is 0 Å². The van der Waals surface area contributed by atoms with Crippen LogP contribution in [0, 0.1) is 6.92 Å². The molecule has 4 heteroatoms. The summed E-state index contributed by atoms with van der Waals surface area (Å²) in [6, 6.07) is 7.62. The van der Waals surface area contributed by atoms with E-state index in [9.17, 15) is 0 Å². The van der Waals surface area contributed by atoms with E-state index < -0.39 is 0 Å². The third-order valence-electron chi connectivity index (χ3n) is 2.88. The molecule has 0 aliphatic heterocycles. The van der Waals surface area contributed by atoms with Crippen LogP contribution >= 0.6 is 11.6 Å². The molecule has 0 unspecified atom stereocenters. The van der Waals surface area contributed by atoms with Crippen LogP contribution in [0.4, 0.5) is 5.82 Å². The molecule has 1 aromatic carbocycles. The fourth-order valence-electron chi connectivity index (χ4n) is 2.25. The summed E-state index contributed by atoms with van der Waals surface area (Å²) in [5.41, 5.74) is 7.77.